The van der Waals surface area contributed by atoms with E-state index in [4.69, 9.17) is 16.6 Å². The average molecular weight is 446 g/mol. The van der Waals surface area contributed by atoms with E-state index >= 15 is 0 Å². The Hall–Kier alpha value is -3.44. The fourth-order valence-electron chi connectivity index (χ4n) is 3.78. The summed E-state index contributed by atoms with van der Waals surface area (Å²) in [6, 6.07) is 21.1. The zero-order valence-electron chi connectivity index (χ0n) is 18.1. The molecule has 0 spiro atoms. The van der Waals surface area contributed by atoms with Crippen LogP contribution in [0.15, 0.2) is 71.5 Å². The molecule has 0 saturated carbocycles. The van der Waals surface area contributed by atoms with Gasteiger partial charge < -0.3 is 5.32 Å². The lowest BCUT2D eigenvalue weighted by atomic mass is 10.0. The Morgan fingerprint density at radius 1 is 1.03 bits per heavy atom. The van der Waals surface area contributed by atoms with Gasteiger partial charge in [-0.3, -0.25) is 14.2 Å². The molecule has 0 atom stereocenters. The molecule has 0 aliphatic rings. The molecule has 1 N–H and O–H groups in total. The molecule has 1 aromatic heterocycles. The van der Waals surface area contributed by atoms with Crippen LogP contribution in [0.5, 0.6) is 0 Å². The van der Waals surface area contributed by atoms with Crippen molar-refractivity contribution in [2.45, 2.75) is 33.2 Å². The van der Waals surface area contributed by atoms with Crippen LogP contribution in [0.2, 0.25) is 5.02 Å². The summed E-state index contributed by atoms with van der Waals surface area (Å²) in [6.45, 7) is 3.94. The third kappa shape index (κ3) is 4.73. The molecule has 0 aliphatic heterocycles. The van der Waals surface area contributed by atoms with Gasteiger partial charge in [0.05, 0.1) is 17.4 Å². The van der Waals surface area contributed by atoms with Gasteiger partial charge in [0.1, 0.15) is 5.82 Å². The number of aryl methyl sites for hydroxylation is 1. The summed E-state index contributed by atoms with van der Waals surface area (Å²) in [5.41, 5.74) is 4.24. The zero-order chi connectivity index (χ0) is 22.7. The number of nitrogens with one attached hydrogen (secondary N) is 1. The monoisotopic (exact) mass is 445 g/mol. The van der Waals surface area contributed by atoms with Gasteiger partial charge in [0.25, 0.3) is 5.56 Å². The number of aromatic nitrogens is 2. The first-order valence-electron chi connectivity index (χ1n) is 10.6. The van der Waals surface area contributed by atoms with Gasteiger partial charge in [-0.25, -0.2) is 4.98 Å². The highest BCUT2D eigenvalue weighted by atomic mass is 35.5. The van der Waals surface area contributed by atoms with Crippen molar-refractivity contribution >= 4 is 34.1 Å². The van der Waals surface area contributed by atoms with Crippen LogP contribution < -0.4 is 10.9 Å². The smallest absolute Gasteiger partial charge is 0.261 e. The molecule has 0 fully saturated rings. The summed E-state index contributed by atoms with van der Waals surface area (Å²) in [5, 5.41) is 3.92. The summed E-state index contributed by atoms with van der Waals surface area (Å²) in [5.74, 6) is 0.580. The third-order valence-corrected chi connectivity index (χ3v) is 5.51. The standard InChI is InChI=1S/C26H24ClN3O2/c1-3-5-25-29-24-13-12-22(28-17(2)31)15-23(24)26(32)30(25)16-18-8-10-19(11-9-18)20-6-4-7-21(27)14-20/h4,6-15H,3,5,16H2,1-2H3,(H,28,31). The zero-order valence-corrected chi connectivity index (χ0v) is 18.8. The van der Waals surface area contributed by atoms with Crippen LogP contribution >= 0.6 is 11.6 Å². The maximum absolute atomic E-state index is 13.4. The molecule has 4 rings (SSSR count). The van der Waals surface area contributed by atoms with Gasteiger partial charge in [-0.1, -0.05) is 54.9 Å². The van der Waals surface area contributed by atoms with Crippen molar-refractivity contribution in [1.29, 1.82) is 0 Å². The van der Waals surface area contributed by atoms with Gasteiger partial charge in [-0.2, -0.15) is 0 Å². The maximum Gasteiger partial charge on any atom is 0.261 e. The molecule has 32 heavy (non-hydrogen) atoms. The van der Waals surface area contributed by atoms with Gasteiger partial charge in [0.2, 0.25) is 5.91 Å². The number of anilines is 1. The predicted octanol–water partition coefficient (Wildman–Crippen LogP) is 5.68. The summed E-state index contributed by atoms with van der Waals surface area (Å²) in [7, 11) is 0. The number of carbonyl (C=O) groups excluding carboxylic acids is 1. The van der Waals surface area contributed by atoms with Gasteiger partial charge in [-0.05, 0) is 53.4 Å². The Morgan fingerprint density at radius 2 is 1.81 bits per heavy atom. The highest BCUT2D eigenvalue weighted by molar-refractivity contribution is 6.30. The summed E-state index contributed by atoms with van der Waals surface area (Å²) in [4.78, 5) is 29.6. The van der Waals surface area contributed by atoms with Crippen LogP contribution in [0.25, 0.3) is 22.0 Å². The largest absolute Gasteiger partial charge is 0.326 e. The van der Waals surface area contributed by atoms with E-state index in [1.165, 1.54) is 6.92 Å². The average Bonchev–Trinajstić information content (AvgIpc) is 2.77. The van der Waals surface area contributed by atoms with Crippen molar-refractivity contribution in [3.05, 3.63) is 93.5 Å². The van der Waals surface area contributed by atoms with E-state index in [1.54, 1.807) is 22.8 Å². The van der Waals surface area contributed by atoms with Crippen molar-refractivity contribution < 1.29 is 4.79 Å². The minimum absolute atomic E-state index is 0.107. The number of nitrogens with zero attached hydrogens (tertiary/aromatic N) is 2. The Bertz CT molecular complexity index is 1340. The predicted molar refractivity (Wildman–Crippen MR) is 130 cm³/mol. The number of amides is 1. The molecule has 0 radical (unpaired) electrons. The number of hydrogen-bond acceptors (Lipinski definition) is 3. The number of benzene rings is 3. The number of rotatable bonds is 6. The minimum atomic E-state index is -0.181. The Balaban J connectivity index is 1.72. The molecule has 1 heterocycles. The van der Waals surface area contributed by atoms with Crippen LogP contribution in [0, 0.1) is 0 Å². The molecule has 3 aromatic carbocycles. The first-order valence-corrected chi connectivity index (χ1v) is 11.0. The van der Waals surface area contributed by atoms with Crippen LogP contribution in [-0.2, 0) is 17.8 Å². The number of hydrogen-bond donors (Lipinski definition) is 1. The van der Waals surface area contributed by atoms with Crippen LogP contribution in [-0.4, -0.2) is 15.5 Å². The van der Waals surface area contributed by atoms with Crippen LogP contribution in [0.3, 0.4) is 0 Å². The molecule has 0 unspecified atom stereocenters. The molecule has 162 valence electrons. The van der Waals surface area contributed by atoms with Crippen molar-refractivity contribution in [3.63, 3.8) is 0 Å². The Morgan fingerprint density at radius 3 is 2.50 bits per heavy atom. The van der Waals surface area contributed by atoms with Crippen molar-refractivity contribution in [2.75, 3.05) is 5.32 Å². The molecule has 4 aromatic rings. The van der Waals surface area contributed by atoms with Gasteiger partial charge >= 0.3 is 0 Å². The van der Waals surface area contributed by atoms with E-state index in [2.05, 4.69) is 12.2 Å². The molecule has 0 bridgehead atoms. The summed E-state index contributed by atoms with van der Waals surface area (Å²) in [6.07, 6.45) is 1.59. The number of fused-ring (bicyclic) bond motifs is 1. The Labute approximate surface area is 191 Å². The maximum atomic E-state index is 13.4. The van der Waals surface area contributed by atoms with E-state index < -0.39 is 0 Å². The van der Waals surface area contributed by atoms with E-state index in [1.807, 2.05) is 48.5 Å². The van der Waals surface area contributed by atoms with Crippen molar-refractivity contribution in [1.82, 2.24) is 9.55 Å². The minimum Gasteiger partial charge on any atom is -0.326 e. The topological polar surface area (TPSA) is 64.0 Å². The van der Waals surface area contributed by atoms with Crippen LogP contribution in [0.1, 0.15) is 31.7 Å². The Kier molecular flexibility index (Phi) is 6.37. The fraction of sp³-hybridized carbons (Fsp3) is 0.192. The summed E-state index contributed by atoms with van der Waals surface area (Å²) < 4.78 is 1.73. The van der Waals surface area contributed by atoms with Crippen molar-refractivity contribution in [2.24, 2.45) is 0 Å². The third-order valence-electron chi connectivity index (χ3n) is 5.28. The number of carbonyl (C=O) groups is 1. The van der Waals surface area contributed by atoms with Crippen LogP contribution in [0.4, 0.5) is 5.69 Å². The second-order valence-electron chi connectivity index (χ2n) is 7.79. The molecule has 0 aliphatic carbocycles. The number of halogens is 1. The lowest BCUT2D eigenvalue weighted by Gasteiger charge is -2.14. The second-order valence-corrected chi connectivity index (χ2v) is 8.23. The lowest BCUT2D eigenvalue weighted by molar-refractivity contribution is -0.114. The lowest BCUT2D eigenvalue weighted by Crippen LogP contribution is -2.26. The van der Waals surface area contributed by atoms with E-state index in [0.717, 1.165) is 28.9 Å². The summed E-state index contributed by atoms with van der Waals surface area (Å²) >= 11 is 6.12. The SMILES string of the molecule is CCCc1nc2ccc(NC(C)=O)cc2c(=O)n1Cc1ccc(-c2cccc(Cl)c2)cc1. The molecular weight excluding hydrogens is 422 g/mol. The highest BCUT2D eigenvalue weighted by Gasteiger charge is 2.12. The first-order chi connectivity index (χ1) is 15.4. The molecular formula is C26H24ClN3O2. The molecule has 1 amide bonds. The van der Waals surface area contributed by atoms with Gasteiger partial charge in [-0.15, -0.1) is 0 Å². The van der Waals surface area contributed by atoms with Gasteiger partial charge in [0.15, 0.2) is 0 Å². The second kappa shape index (κ2) is 9.37. The fourth-order valence-corrected chi connectivity index (χ4v) is 3.97. The van der Waals surface area contributed by atoms with Gasteiger partial charge in [0, 0.05) is 24.1 Å². The molecule has 5 nitrogen and oxygen atoms in total. The quantitative estimate of drug-likeness (QED) is 0.415. The molecule has 6 heteroatoms. The van der Waals surface area contributed by atoms with E-state index in [-0.39, 0.29) is 11.5 Å². The highest BCUT2D eigenvalue weighted by Crippen LogP contribution is 2.23. The van der Waals surface area contributed by atoms with E-state index in [9.17, 15) is 9.59 Å². The normalized spacial score (nSPS) is 11.0. The first kappa shape index (κ1) is 21.8. The van der Waals surface area contributed by atoms with E-state index in [0.29, 0.717) is 34.6 Å². The van der Waals surface area contributed by atoms with Crippen molar-refractivity contribution in [3.8, 4) is 11.1 Å². The molecule has 0 saturated heterocycles.